The normalized spacial score (nSPS) is 17.9. The summed E-state index contributed by atoms with van der Waals surface area (Å²) in [6.45, 7) is 7.48. The van der Waals surface area contributed by atoms with Crippen molar-refractivity contribution >= 4 is 17.9 Å². The van der Waals surface area contributed by atoms with Crippen molar-refractivity contribution in [3.63, 3.8) is 0 Å². The Morgan fingerprint density at radius 2 is 1.84 bits per heavy atom. The van der Waals surface area contributed by atoms with Gasteiger partial charge in [0, 0.05) is 36.5 Å². The highest BCUT2D eigenvalue weighted by atomic mass is 16.5. The SMILES string of the molecule is CC(C)(C)CCNC(=O)[C@]1(C/C=C/c2ccccc2)N=C(c2ccc(OCCCO)cc2)O[C@@H]1c1ccccc1CN=[N+]=[N-]. The third-order valence-corrected chi connectivity index (χ3v) is 7.37. The van der Waals surface area contributed by atoms with E-state index in [2.05, 4.69) is 36.1 Å². The van der Waals surface area contributed by atoms with Gasteiger partial charge in [-0.3, -0.25) is 4.79 Å². The van der Waals surface area contributed by atoms with Crippen LogP contribution in [0.2, 0.25) is 0 Å². The second-order valence-electron chi connectivity index (χ2n) is 12.0. The van der Waals surface area contributed by atoms with Gasteiger partial charge in [-0.25, -0.2) is 4.99 Å². The molecule has 1 amide bonds. The highest BCUT2D eigenvalue weighted by Crippen LogP contribution is 2.44. The minimum atomic E-state index is -1.33. The van der Waals surface area contributed by atoms with E-state index in [4.69, 9.17) is 25.1 Å². The molecule has 0 unspecified atom stereocenters. The van der Waals surface area contributed by atoms with E-state index in [0.717, 1.165) is 23.1 Å². The Kier molecular flexibility index (Phi) is 11.2. The van der Waals surface area contributed by atoms with Crippen LogP contribution in [0.3, 0.4) is 0 Å². The highest BCUT2D eigenvalue weighted by Gasteiger charge is 2.53. The predicted octanol–water partition coefficient (Wildman–Crippen LogP) is 7.17. The standard InChI is InChI=1S/C35H41N5O4/c1-34(2,3)21-22-37-33(42)35(20-9-13-26-11-5-4-6-12-26)31(30-15-8-7-14-28(30)25-38-40-36)44-32(39-35)27-16-18-29(19-17-27)43-24-10-23-41/h4-9,11-19,31,41H,10,20-25H2,1-3H3,(H,37,42)/b13-9+/t31-,35-/m1/s1. The minimum Gasteiger partial charge on any atom is -0.494 e. The van der Waals surface area contributed by atoms with Crippen LogP contribution in [0.15, 0.2) is 95.0 Å². The lowest BCUT2D eigenvalue weighted by molar-refractivity contribution is -0.128. The zero-order chi connectivity index (χ0) is 31.4. The van der Waals surface area contributed by atoms with Gasteiger partial charge in [0.1, 0.15) is 5.75 Å². The molecule has 1 heterocycles. The number of aliphatic hydroxyl groups is 1. The second kappa shape index (κ2) is 15.2. The Labute approximate surface area is 259 Å². The molecule has 9 nitrogen and oxygen atoms in total. The Bertz CT molecular complexity index is 1490. The molecule has 3 aromatic carbocycles. The monoisotopic (exact) mass is 595 g/mol. The lowest BCUT2D eigenvalue weighted by Crippen LogP contribution is -2.48. The molecule has 0 saturated heterocycles. The van der Waals surface area contributed by atoms with Crippen molar-refractivity contribution in [2.24, 2.45) is 15.5 Å². The van der Waals surface area contributed by atoms with Gasteiger partial charge < -0.3 is 19.9 Å². The quantitative estimate of drug-likeness (QED) is 0.0886. The maximum Gasteiger partial charge on any atom is 0.252 e. The molecule has 230 valence electrons. The third-order valence-electron chi connectivity index (χ3n) is 7.37. The topological polar surface area (TPSA) is 129 Å². The summed E-state index contributed by atoms with van der Waals surface area (Å²) in [6.07, 6.45) is 4.78. The van der Waals surface area contributed by atoms with Crippen molar-refractivity contribution in [2.45, 2.75) is 58.2 Å². The van der Waals surface area contributed by atoms with Crippen LogP contribution in [0.5, 0.6) is 5.75 Å². The summed E-state index contributed by atoms with van der Waals surface area (Å²) in [5.41, 5.74) is 11.0. The molecule has 0 radical (unpaired) electrons. The van der Waals surface area contributed by atoms with Crippen molar-refractivity contribution in [3.05, 3.63) is 118 Å². The number of ether oxygens (including phenoxy) is 2. The molecule has 1 aliphatic heterocycles. The molecule has 9 heteroatoms. The van der Waals surface area contributed by atoms with Crippen molar-refractivity contribution in [1.29, 1.82) is 0 Å². The fourth-order valence-corrected chi connectivity index (χ4v) is 4.98. The summed E-state index contributed by atoms with van der Waals surface area (Å²) in [7, 11) is 0. The van der Waals surface area contributed by atoms with Gasteiger partial charge in [-0.2, -0.15) is 0 Å². The number of aliphatic hydroxyl groups excluding tert-OH is 1. The Morgan fingerprint density at radius 1 is 1.11 bits per heavy atom. The Morgan fingerprint density at radius 3 is 2.55 bits per heavy atom. The molecule has 4 rings (SSSR count). The fourth-order valence-electron chi connectivity index (χ4n) is 4.98. The number of carbonyl (C=O) groups is 1. The van der Waals surface area contributed by atoms with Crippen molar-refractivity contribution in [1.82, 2.24) is 5.32 Å². The summed E-state index contributed by atoms with van der Waals surface area (Å²) in [4.78, 5) is 22.4. The van der Waals surface area contributed by atoms with Gasteiger partial charge in [-0.1, -0.05) is 92.6 Å². The zero-order valence-electron chi connectivity index (χ0n) is 25.6. The van der Waals surface area contributed by atoms with Crippen molar-refractivity contribution < 1.29 is 19.4 Å². The maximum absolute atomic E-state index is 14.3. The number of rotatable bonds is 14. The van der Waals surface area contributed by atoms with Crippen LogP contribution in [0, 0.1) is 5.41 Å². The molecular weight excluding hydrogens is 554 g/mol. The van der Waals surface area contributed by atoms with Crippen LogP contribution in [0.1, 0.15) is 68.4 Å². The lowest BCUT2D eigenvalue weighted by Gasteiger charge is -2.31. The Hall–Kier alpha value is -4.59. The van der Waals surface area contributed by atoms with Gasteiger partial charge in [0.15, 0.2) is 11.6 Å². The summed E-state index contributed by atoms with van der Waals surface area (Å²) in [6, 6.07) is 24.8. The largest absolute Gasteiger partial charge is 0.494 e. The number of carbonyl (C=O) groups excluding carboxylic acids is 1. The molecule has 2 N–H and O–H groups in total. The van der Waals surface area contributed by atoms with Gasteiger partial charge in [0.2, 0.25) is 5.90 Å². The molecule has 0 bridgehead atoms. The van der Waals surface area contributed by atoms with E-state index in [1.54, 1.807) is 0 Å². The van der Waals surface area contributed by atoms with Gasteiger partial charge >= 0.3 is 0 Å². The summed E-state index contributed by atoms with van der Waals surface area (Å²) in [5.74, 6) is 0.769. The average molecular weight is 596 g/mol. The molecule has 0 spiro atoms. The molecule has 2 atom stereocenters. The highest BCUT2D eigenvalue weighted by molar-refractivity contribution is 6.01. The van der Waals surface area contributed by atoms with E-state index < -0.39 is 11.6 Å². The van der Waals surface area contributed by atoms with Crippen LogP contribution in [0.4, 0.5) is 0 Å². The van der Waals surface area contributed by atoms with Gasteiger partial charge in [-0.15, -0.1) is 0 Å². The first-order valence-electron chi connectivity index (χ1n) is 14.9. The van der Waals surface area contributed by atoms with Crippen molar-refractivity contribution in [2.75, 3.05) is 19.8 Å². The van der Waals surface area contributed by atoms with Gasteiger partial charge in [0.05, 0.1) is 13.2 Å². The number of hydrogen-bond acceptors (Lipinski definition) is 6. The van der Waals surface area contributed by atoms with E-state index in [9.17, 15) is 4.79 Å². The smallest absolute Gasteiger partial charge is 0.252 e. The van der Waals surface area contributed by atoms with Crippen LogP contribution < -0.4 is 10.1 Å². The number of nitrogens with one attached hydrogen (secondary N) is 1. The molecule has 0 aromatic heterocycles. The summed E-state index contributed by atoms with van der Waals surface area (Å²) in [5, 5.41) is 16.0. The average Bonchev–Trinajstić information content (AvgIpc) is 3.41. The molecule has 3 aromatic rings. The second-order valence-corrected chi connectivity index (χ2v) is 12.0. The molecule has 0 aliphatic carbocycles. The van der Waals surface area contributed by atoms with Crippen LogP contribution in [0.25, 0.3) is 16.5 Å². The fraction of sp³-hybridized carbons (Fsp3) is 0.371. The zero-order valence-corrected chi connectivity index (χ0v) is 25.6. The lowest BCUT2D eigenvalue weighted by atomic mass is 9.82. The molecule has 1 aliphatic rings. The minimum absolute atomic E-state index is 0.0382. The van der Waals surface area contributed by atoms with Gasteiger partial charge in [0.25, 0.3) is 5.91 Å². The summed E-state index contributed by atoms with van der Waals surface area (Å²) >= 11 is 0. The van der Waals surface area contributed by atoms with E-state index >= 15 is 0 Å². The predicted molar refractivity (Wildman–Crippen MR) is 173 cm³/mol. The third kappa shape index (κ3) is 8.49. The first-order valence-corrected chi connectivity index (χ1v) is 14.9. The Balaban J connectivity index is 1.78. The number of nitrogens with zero attached hydrogens (tertiary/aromatic N) is 4. The molecular formula is C35H41N5O4. The number of hydrogen-bond donors (Lipinski definition) is 2. The van der Waals surface area contributed by atoms with Crippen LogP contribution >= 0.6 is 0 Å². The molecule has 0 saturated carbocycles. The van der Waals surface area contributed by atoms with E-state index in [1.165, 1.54) is 0 Å². The van der Waals surface area contributed by atoms with E-state index in [-0.39, 0.29) is 30.9 Å². The first kappa shape index (κ1) is 32.3. The van der Waals surface area contributed by atoms with Crippen LogP contribution in [-0.2, 0) is 16.1 Å². The molecule has 0 fully saturated rings. The maximum atomic E-state index is 14.3. The summed E-state index contributed by atoms with van der Waals surface area (Å²) < 4.78 is 12.3. The molecule has 44 heavy (non-hydrogen) atoms. The van der Waals surface area contributed by atoms with E-state index in [0.29, 0.717) is 36.8 Å². The van der Waals surface area contributed by atoms with Crippen molar-refractivity contribution in [3.8, 4) is 5.75 Å². The number of amides is 1. The van der Waals surface area contributed by atoms with Crippen LogP contribution in [-0.4, -0.2) is 42.2 Å². The number of azide groups is 1. The number of aliphatic imine (C=N–C) groups is 1. The van der Waals surface area contributed by atoms with E-state index in [1.807, 2.05) is 91.0 Å². The number of benzene rings is 3. The first-order chi connectivity index (χ1) is 21.3. The van der Waals surface area contributed by atoms with Gasteiger partial charge in [-0.05, 0) is 58.3 Å².